The van der Waals surface area contributed by atoms with Crippen molar-refractivity contribution >= 4 is 11.9 Å². The molecule has 0 aliphatic carbocycles. The third kappa shape index (κ3) is 66.8. The molecule has 0 saturated carbocycles. The Hall–Kier alpha value is -2.18. The van der Waals surface area contributed by atoms with E-state index in [2.05, 4.69) is 67.8 Å². The van der Waals surface area contributed by atoms with E-state index < -0.39 is 12.1 Å². The maximum absolute atomic E-state index is 12.5. The van der Waals surface area contributed by atoms with Crippen molar-refractivity contribution < 1.29 is 24.5 Å². The fourth-order valence-electron chi connectivity index (χ4n) is 11.3. The van der Waals surface area contributed by atoms with Crippen LogP contribution in [0.1, 0.15) is 393 Å². The minimum Gasteiger partial charge on any atom is -0.466 e. The second-order valence-electron chi connectivity index (χ2n) is 24.9. The third-order valence-electron chi connectivity index (χ3n) is 16.9. The molecule has 0 heterocycles. The van der Waals surface area contributed by atoms with Gasteiger partial charge in [0.05, 0.1) is 25.4 Å². The van der Waals surface area contributed by atoms with Gasteiger partial charge in [0.2, 0.25) is 5.91 Å². The van der Waals surface area contributed by atoms with Crippen molar-refractivity contribution in [1.82, 2.24) is 5.32 Å². The van der Waals surface area contributed by atoms with Gasteiger partial charge in [0.25, 0.3) is 0 Å². The van der Waals surface area contributed by atoms with Crippen molar-refractivity contribution in [2.75, 3.05) is 13.2 Å². The van der Waals surface area contributed by atoms with Crippen LogP contribution in [0, 0.1) is 0 Å². The van der Waals surface area contributed by atoms with Crippen LogP contribution in [0.2, 0.25) is 0 Å². The summed E-state index contributed by atoms with van der Waals surface area (Å²) in [5.74, 6) is -0.0226. The zero-order valence-corrected chi connectivity index (χ0v) is 54.5. The Morgan fingerprint density at radius 3 is 0.963 bits per heavy atom. The van der Waals surface area contributed by atoms with Gasteiger partial charge in [-0.05, 0) is 89.9 Å². The summed E-state index contributed by atoms with van der Waals surface area (Å²) in [5, 5.41) is 23.3. The van der Waals surface area contributed by atoms with Gasteiger partial charge in [-0.25, -0.2) is 0 Å². The van der Waals surface area contributed by atoms with E-state index >= 15 is 0 Å². The molecule has 2 unspecified atom stereocenters. The maximum Gasteiger partial charge on any atom is 0.305 e. The molecule has 2 atom stereocenters. The van der Waals surface area contributed by atoms with Crippen LogP contribution in [0.3, 0.4) is 0 Å². The van der Waals surface area contributed by atoms with Crippen LogP contribution in [0.4, 0.5) is 0 Å². The monoisotopic (exact) mass is 1140 g/mol. The topological polar surface area (TPSA) is 95.9 Å². The first kappa shape index (κ1) is 78.8. The molecule has 3 N–H and O–H groups in total. The highest BCUT2D eigenvalue weighted by Gasteiger charge is 2.20. The lowest BCUT2D eigenvalue weighted by molar-refractivity contribution is -0.143. The number of esters is 1. The number of allylic oxidation sites excluding steroid dienone is 8. The molecule has 0 aromatic carbocycles. The molecule has 6 heteroatoms. The van der Waals surface area contributed by atoms with Crippen molar-refractivity contribution in [3.8, 4) is 0 Å². The summed E-state index contributed by atoms with van der Waals surface area (Å²) < 4.78 is 5.50. The number of carbonyl (C=O) groups is 2. The van der Waals surface area contributed by atoms with Crippen molar-refractivity contribution in [3.05, 3.63) is 48.6 Å². The molecule has 0 fully saturated rings. The summed E-state index contributed by atoms with van der Waals surface area (Å²) in [6.07, 6.45) is 91.8. The quantitative estimate of drug-likeness (QED) is 0.0320. The van der Waals surface area contributed by atoms with Gasteiger partial charge in [-0.2, -0.15) is 0 Å². The molecule has 0 saturated heterocycles. The van der Waals surface area contributed by atoms with Gasteiger partial charge in [0, 0.05) is 12.8 Å². The number of ether oxygens (including phenoxy) is 1. The van der Waals surface area contributed by atoms with Crippen LogP contribution in [-0.4, -0.2) is 47.4 Å². The summed E-state index contributed by atoms with van der Waals surface area (Å²) in [5.41, 5.74) is 0. The van der Waals surface area contributed by atoms with Crippen LogP contribution in [-0.2, 0) is 14.3 Å². The SMILES string of the molecule is CCCCC/C=C\C/C=C\CCCCCCCCCC(=O)OCCCCCCCCCCCCC/C=C\C/C=C\CCCCCCCCCCCCCCCCCCCC(=O)NC(CO)C(O)CCCCCCCCCCCCCC. The highest BCUT2D eigenvalue weighted by atomic mass is 16.5. The Kier molecular flexibility index (Phi) is 68.4. The lowest BCUT2D eigenvalue weighted by Gasteiger charge is -2.22. The standard InChI is InChI=1S/C75H141NO5/c1-3-5-7-9-11-13-15-17-18-38-42-45-49-53-57-61-65-69-75(80)81-70-66-62-58-54-50-46-43-40-37-35-33-31-29-27-25-23-21-19-20-22-24-26-28-30-32-34-36-39-41-44-48-52-56-60-64-68-74(79)76-72(71-77)73(78)67-63-59-55-51-47-16-14-12-10-8-6-4-2/h11,13,17-18,21,23,27,29,72-73,77-78H,3-10,12,14-16,19-20,22,24-26,28,30-71H2,1-2H3,(H,76,79)/b13-11-,18-17-,23-21-,29-27-. The second kappa shape index (κ2) is 70.3. The Labute approximate surface area is 506 Å². The van der Waals surface area contributed by atoms with Crippen LogP contribution in [0.15, 0.2) is 48.6 Å². The van der Waals surface area contributed by atoms with Crippen LogP contribution < -0.4 is 5.32 Å². The first-order valence-corrected chi connectivity index (χ1v) is 36.4. The predicted octanol–water partition coefficient (Wildman–Crippen LogP) is 23.6. The van der Waals surface area contributed by atoms with Gasteiger partial charge in [0.1, 0.15) is 0 Å². The number of hydrogen-bond acceptors (Lipinski definition) is 5. The molecule has 1 amide bonds. The number of carbonyl (C=O) groups excluding carboxylic acids is 2. The fraction of sp³-hybridized carbons (Fsp3) is 0.867. The predicted molar refractivity (Wildman–Crippen MR) is 356 cm³/mol. The van der Waals surface area contributed by atoms with Gasteiger partial charge in [-0.1, -0.05) is 339 Å². The number of aliphatic hydroxyl groups is 2. The summed E-state index contributed by atoms with van der Waals surface area (Å²) in [7, 11) is 0. The van der Waals surface area contributed by atoms with E-state index in [9.17, 15) is 19.8 Å². The first-order valence-electron chi connectivity index (χ1n) is 36.4. The highest BCUT2D eigenvalue weighted by Crippen LogP contribution is 2.18. The molecule has 0 bridgehead atoms. The maximum atomic E-state index is 12.5. The molecule has 0 spiro atoms. The molecule has 0 aliphatic heterocycles. The van der Waals surface area contributed by atoms with Crippen molar-refractivity contribution in [2.24, 2.45) is 0 Å². The Bertz CT molecular complexity index is 1360. The molecule has 0 rings (SSSR count). The van der Waals surface area contributed by atoms with Crippen LogP contribution in [0.5, 0.6) is 0 Å². The zero-order chi connectivity index (χ0) is 58.5. The normalized spacial score (nSPS) is 12.8. The zero-order valence-electron chi connectivity index (χ0n) is 54.5. The van der Waals surface area contributed by atoms with Crippen LogP contribution in [0.25, 0.3) is 0 Å². The Balaban J connectivity index is 3.36. The summed E-state index contributed by atoms with van der Waals surface area (Å²) in [6, 6.07) is -0.539. The number of nitrogens with one attached hydrogen (secondary N) is 1. The van der Waals surface area contributed by atoms with E-state index in [1.165, 1.54) is 302 Å². The minimum absolute atomic E-state index is 0.00911. The Morgan fingerprint density at radius 2 is 0.617 bits per heavy atom. The van der Waals surface area contributed by atoms with Crippen molar-refractivity contribution in [1.29, 1.82) is 0 Å². The van der Waals surface area contributed by atoms with E-state index in [1.807, 2.05) is 0 Å². The van der Waals surface area contributed by atoms with Crippen molar-refractivity contribution in [3.63, 3.8) is 0 Å². The molecule has 0 aliphatic rings. The number of amides is 1. The molecule has 0 radical (unpaired) electrons. The molecule has 0 aromatic rings. The number of aliphatic hydroxyl groups excluding tert-OH is 2. The molecule has 476 valence electrons. The lowest BCUT2D eigenvalue weighted by atomic mass is 10.0. The molecular weight excluding hydrogens is 995 g/mol. The lowest BCUT2D eigenvalue weighted by Crippen LogP contribution is -2.45. The number of rotatable bonds is 68. The van der Waals surface area contributed by atoms with Gasteiger partial charge in [-0.3, -0.25) is 9.59 Å². The van der Waals surface area contributed by atoms with Gasteiger partial charge >= 0.3 is 5.97 Å². The number of unbranched alkanes of at least 4 members (excludes halogenated alkanes) is 49. The van der Waals surface area contributed by atoms with E-state index in [1.54, 1.807) is 0 Å². The van der Waals surface area contributed by atoms with E-state index in [4.69, 9.17) is 4.74 Å². The second-order valence-corrected chi connectivity index (χ2v) is 24.9. The summed E-state index contributed by atoms with van der Waals surface area (Å²) in [4.78, 5) is 24.6. The first-order chi connectivity index (χ1) is 40.0. The third-order valence-corrected chi connectivity index (χ3v) is 16.9. The van der Waals surface area contributed by atoms with Crippen LogP contribution >= 0.6 is 0 Å². The molecule has 81 heavy (non-hydrogen) atoms. The summed E-state index contributed by atoms with van der Waals surface area (Å²) in [6.45, 7) is 4.94. The highest BCUT2D eigenvalue weighted by molar-refractivity contribution is 5.76. The van der Waals surface area contributed by atoms with Crippen molar-refractivity contribution in [2.45, 2.75) is 405 Å². The van der Waals surface area contributed by atoms with Gasteiger partial charge in [0.15, 0.2) is 0 Å². The fourth-order valence-corrected chi connectivity index (χ4v) is 11.3. The van der Waals surface area contributed by atoms with E-state index in [-0.39, 0.29) is 18.5 Å². The van der Waals surface area contributed by atoms with E-state index in [0.29, 0.717) is 25.9 Å². The average Bonchev–Trinajstić information content (AvgIpc) is 3.47. The number of hydrogen-bond donors (Lipinski definition) is 3. The summed E-state index contributed by atoms with van der Waals surface area (Å²) >= 11 is 0. The molecule has 0 aromatic heterocycles. The van der Waals surface area contributed by atoms with E-state index in [0.717, 1.165) is 57.8 Å². The van der Waals surface area contributed by atoms with Gasteiger partial charge in [-0.15, -0.1) is 0 Å². The minimum atomic E-state index is -0.662. The molecular formula is C75H141NO5. The molecule has 6 nitrogen and oxygen atoms in total. The largest absolute Gasteiger partial charge is 0.466 e. The average molecular weight is 1140 g/mol. The Morgan fingerprint density at radius 1 is 0.346 bits per heavy atom. The smallest absolute Gasteiger partial charge is 0.305 e. The van der Waals surface area contributed by atoms with Gasteiger partial charge < -0.3 is 20.3 Å².